The molecule has 23 heavy (non-hydrogen) atoms. The molecular weight excluding hydrogens is 311 g/mol. The highest BCUT2D eigenvalue weighted by Crippen LogP contribution is 2.35. The number of nitrogens with zero attached hydrogens (tertiary/aromatic N) is 3. The predicted octanol–water partition coefficient (Wildman–Crippen LogP) is 3.35. The summed E-state index contributed by atoms with van der Waals surface area (Å²) in [6.45, 7) is 0. The molecule has 0 bridgehead atoms. The van der Waals surface area contributed by atoms with Crippen LogP contribution in [0.25, 0.3) is 22.0 Å². The third-order valence-corrected chi connectivity index (χ3v) is 3.46. The van der Waals surface area contributed by atoms with Gasteiger partial charge in [0.25, 0.3) is 0 Å². The van der Waals surface area contributed by atoms with Crippen molar-refractivity contribution in [1.29, 1.82) is 0 Å². The molecule has 0 amide bonds. The lowest BCUT2D eigenvalue weighted by Gasteiger charge is -2.10. The average molecular weight is 321 g/mol. The Morgan fingerprint density at radius 3 is 2.57 bits per heavy atom. The first-order chi connectivity index (χ1) is 10.8. The highest BCUT2D eigenvalue weighted by atomic mass is 19.4. The Hall–Kier alpha value is -2.90. The number of rotatable bonds is 2. The molecule has 1 aromatic carbocycles. The zero-order valence-corrected chi connectivity index (χ0v) is 11.8. The first-order valence-electron chi connectivity index (χ1n) is 6.50. The highest BCUT2D eigenvalue weighted by molar-refractivity contribution is 5.90. The van der Waals surface area contributed by atoms with Gasteiger partial charge in [0.05, 0.1) is 11.3 Å². The van der Waals surface area contributed by atoms with Crippen LogP contribution in [0.1, 0.15) is 16.1 Å². The van der Waals surface area contributed by atoms with Gasteiger partial charge in [-0.05, 0) is 17.5 Å². The molecule has 0 radical (unpaired) electrons. The summed E-state index contributed by atoms with van der Waals surface area (Å²) >= 11 is 0. The minimum Gasteiger partial charge on any atom is -0.476 e. The van der Waals surface area contributed by atoms with Crippen LogP contribution in [0.4, 0.5) is 13.2 Å². The van der Waals surface area contributed by atoms with Gasteiger partial charge in [-0.2, -0.15) is 18.3 Å². The quantitative estimate of drug-likeness (QED) is 0.786. The Balaban J connectivity index is 2.17. The number of halogens is 3. The first-order valence-corrected chi connectivity index (χ1v) is 6.50. The van der Waals surface area contributed by atoms with Crippen LogP contribution in [0, 0.1) is 0 Å². The maximum Gasteiger partial charge on any atom is 0.418 e. The van der Waals surface area contributed by atoms with Gasteiger partial charge in [-0.1, -0.05) is 12.1 Å². The second kappa shape index (κ2) is 5.08. The third kappa shape index (κ3) is 2.63. The number of hydrogen-bond acceptors (Lipinski definition) is 3. The Bertz CT molecular complexity index is 916. The molecule has 0 unspecified atom stereocenters. The Labute approximate surface area is 128 Å². The minimum absolute atomic E-state index is 0.0388. The largest absolute Gasteiger partial charge is 0.476 e. The fraction of sp³-hybridized carbons (Fsp3) is 0.133. The van der Waals surface area contributed by atoms with Crippen molar-refractivity contribution < 1.29 is 23.1 Å². The van der Waals surface area contributed by atoms with Crippen LogP contribution in [0.3, 0.4) is 0 Å². The molecule has 0 saturated carbocycles. The van der Waals surface area contributed by atoms with Crippen molar-refractivity contribution in [2.45, 2.75) is 6.18 Å². The van der Waals surface area contributed by atoms with Crippen molar-refractivity contribution in [3.05, 3.63) is 47.9 Å². The van der Waals surface area contributed by atoms with E-state index < -0.39 is 17.7 Å². The molecule has 2 heterocycles. The molecule has 3 rings (SSSR count). The molecule has 2 aromatic heterocycles. The summed E-state index contributed by atoms with van der Waals surface area (Å²) < 4.78 is 40.3. The van der Waals surface area contributed by atoms with Crippen LogP contribution in [0.15, 0.2) is 36.7 Å². The molecule has 0 aliphatic heterocycles. The lowest BCUT2D eigenvalue weighted by atomic mass is 10.0. The summed E-state index contributed by atoms with van der Waals surface area (Å²) in [6.07, 6.45) is -2.37. The normalized spacial score (nSPS) is 11.8. The van der Waals surface area contributed by atoms with E-state index in [0.29, 0.717) is 16.6 Å². The molecule has 5 nitrogen and oxygen atoms in total. The van der Waals surface area contributed by atoms with Gasteiger partial charge in [-0.3, -0.25) is 9.67 Å². The van der Waals surface area contributed by atoms with E-state index in [1.165, 1.54) is 35.1 Å². The van der Waals surface area contributed by atoms with Gasteiger partial charge in [0.15, 0.2) is 5.69 Å². The first kappa shape index (κ1) is 15.0. The standard InChI is InChI=1S/C15H10F3N3O2/c1-21-13(5-12(20-21)14(22)23)8-2-3-10-9(4-8)6-19-7-11(10)15(16,17)18/h2-7H,1H3,(H,22,23). The summed E-state index contributed by atoms with van der Waals surface area (Å²) in [5.41, 5.74) is 0.102. The SMILES string of the molecule is Cn1nc(C(=O)O)cc1-c1ccc2c(C(F)(F)F)cncc2c1. The topological polar surface area (TPSA) is 68.0 Å². The maximum atomic E-state index is 13.0. The molecule has 8 heteroatoms. The minimum atomic E-state index is -4.49. The molecular formula is C15H10F3N3O2. The number of carboxylic acid groups (broad SMARTS) is 1. The summed E-state index contributed by atoms with van der Waals surface area (Å²) in [4.78, 5) is 14.6. The summed E-state index contributed by atoms with van der Waals surface area (Å²) in [7, 11) is 1.57. The van der Waals surface area contributed by atoms with Crippen molar-refractivity contribution >= 4 is 16.7 Å². The lowest BCUT2D eigenvalue weighted by Crippen LogP contribution is -2.06. The summed E-state index contributed by atoms with van der Waals surface area (Å²) in [6, 6.07) is 5.74. The van der Waals surface area contributed by atoms with Crippen LogP contribution in [0.2, 0.25) is 0 Å². The monoisotopic (exact) mass is 321 g/mol. The Kier molecular flexibility index (Phi) is 3.32. The fourth-order valence-electron chi connectivity index (χ4n) is 2.40. The summed E-state index contributed by atoms with van der Waals surface area (Å²) in [5.74, 6) is -1.17. The van der Waals surface area contributed by atoms with Crippen LogP contribution in [0.5, 0.6) is 0 Å². The number of fused-ring (bicyclic) bond motifs is 1. The number of aromatic nitrogens is 3. The van der Waals surface area contributed by atoms with Crippen molar-refractivity contribution in [1.82, 2.24) is 14.8 Å². The number of carbonyl (C=O) groups is 1. The van der Waals surface area contributed by atoms with Crippen molar-refractivity contribution in [3.8, 4) is 11.3 Å². The fourth-order valence-corrected chi connectivity index (χ4v) is 2.40. The molecule has 0 fully saturated rings. The van der Waals surface area contributed by atoms with E-state index in [9.17, 15) is 18.0 Å². The smallest absolute Gasteiger partial charge is 0.418 e. The second-order valence-electron chi connectivity index (χ2n) is 4.96. The van der Waals surface area contributed by atoms with Gasteiger partial charge >= 0.3 is 12.1 Å². The van der Waals surface area contributed by atoms with Gasteiger partial charge < -0.3 is 5.11 Å². The summed E-state index contributed by atoms with van der Waals surface area (Å²) in [5, 5.41) is 13.2. The number of pyridine rings is 1. The third-order valence-electron chi connectivity index (χ3n) is 3.46. The van der Waals surface area contributed by atoms with Crippen LogP contribution in [-0.4, -0.2) is 25.8 Å². The van der Waals surface area contributed by atoms with Gasteiger partial charge in [0.1, 0.15) is 0 Å². The Morgan fingerprint density at radius 2 is 1.96 bits per heavy atom. The van der Waals surface area contributed by atoms with E-state index in [-0.39, 0.29) is 11.1 Å². The van der Waals surface area contributed by atoms with Gasteiger partial charge in [-0.25, -0.2) is 4.79 Å². The maximum absolute atomic E-state index is 13.0. The van der Waals surface area contributed by atoms with Crippen molar-refractivity contribution in [2.75, 3.05) is 0 Å². The molecule has 0 atom stereocenters. The van der Waals surface area contributed by atoms with Crippen molar-refractivity contribution in [2.24, 2.45) is 7.05 Å². The van der Waals surface area contributed by atoms with Crippen LogP contribution in [-0.2, 0) is 13.2 Å². The van der Waals surface area contributed by atoms with Gasteiger partial charge in [-0.15, -0.1) is 0 Å². The molecule has 1 N–H and O–H groups in total. The van der Waals surface area contributed by atoms with E-state index >= 15 is 0 Å². The van der Waals surface area contributed by atoms with Gasteiger partial charge in [0.2, 0.25) is 0 Å². The average Bonchev–Trinajstić information content (AvgIpc) is 2.87. The number of carboxylic acids is 1. The molecule has 0 saturated heterocycles. The van der Waals surface area contributed by atoms with Crippen LogP contribution < -0.4 is 0 Å². The molecule has 0 aliphatic rings. The number of aromatic carboxylic acids is 1. The van der Waals surface area contributed by atoms with Crippen molar-refractivity contribution in [3.63, 3.8) is 0 Å². The highest BCUT2D eigenvalue weighted by Gasteiger charge is 2.32. The number of aryl methyl sites for hydroxylation is 1. The Morgan fingerprint density at radius 1 is 1.22 bits per heavy atom. The van der Waals surface area contributed by atoms with Gasteiger partial charge in [0, 0.05) is 30.4 Å². The predicted molar refractivity (Wildman–Crippen MR) is 75.9 cm³/mol. The lowest BCUT2D eigenvalue weighted by molar-refractivity contribution is -0.136. The zero-order valence-electron chi connectivity index (χ0n) is 11.8. The molecule has 0 spiro atoms. The molecule has 3 aromatic rings. The van der Waals surface area contributed by atoms with E-state index in [2.05, 4.69) is 10.1 Å². The van der Waals surface area contributed by atoms with Crippen LogP contribution >= 0.6 is 0 Å². The second-order valence-corrected chi connectivity index (χ2v) is 4.96. The number of alkyl halides is 3. The van der Waals surface area contributed by atoms with E-state index in [1.807, 2.05) is 0 Å². The molecule has 118 valence electrons. The zero-order chi connectivity index (χ0) is 16.8. The number of hydrogen-bond donors (Lipinski definition) is 1. The van der Waals surface area contributed by atoms with E-state index in [0.717, 1.165) is 6.20 Å². The number of benzene rings is 1. The van der Waals surface area contributed by atoms with E-state index in [1.54, 1.807) is 7.05 Å². The molecule has 0 aliphatic carbocycles. The van der Waals surface area contributed by atoms with E-state index in [4.69, 9.17) is 5.11 Å².